The average molecular weight is 391 g/mol. The molecule has 0 aromatic heterocycles. The lowest BCUT2D eigenvalue weighted by Gasteiger charge is -2.09. The van der Waals surface area contributed by atoms with E-state index in [4.69, 9.17) is 21.1 Å². The summed E-state index contributed by atoms with van der Waals surface area (Å²) in [7, 11) is 2.88. The van der Waals surface area contributed by atoms with Crippen LogP contribution in [0.15, 0.2) is 46.3 Å². The molecule has 0 radical (unpaired) electrons. The first-order valence-corrected chi connectivity index (χ1v) is 8.70. The van der Waals surface area contributed by atoms with Crippen molar-refractivity contribution in [1.29, 1.82) is 0 Å². The maximum atomic E-state index is 12.2. The van der Waals surface area contributed by atoms with E-state index in [2.05, 4.69) is 10.3 Å². The Morgan fingerprint density at radius 2 is 1.85 bits per heavy atom. The van der Waals surface area contributed by atoms with E-state index in [1.165, 1.54) is 26.0 Å². The van der Waals surface area contributed by atoms with Crippen LogP contribution in [0.5, 0.6) is 17.2 Å². The summed E-state index contributed by atoms with van der Waals surface area (Å²) in [6, 6.07) is 10.3. The van der Waals surface area contributed by atoms with Gasteiger partial charge in [0.1, 0.15) is 0 Å². The van der Waals surface area contributed by atoms with Crippen molar-refractivity contribution in [2.75, 3.05) is 14.2 Å². The maximum absolute atomic E-state index is 12.2. The summed E-state index contributed by atoms with van der Waals surface area (Å²) in [6.07, 6.45) is 1.67. The number of methoxy groups -OCH3 is 2. The number of carbonyl (C=O) groups is 1. The number of nitrogens with one attached hydrogen (secondary N) is 1. The van der Waals surface area contributed by atoms with Crippen LogP contribution in [0.3, 0.4) is 0 Å². The number of aliphatic imine (C=N–C) groups is 1. The molecule has 1 saturated heterocycles. The molecule has 1 heterocycles. The maximum Gasteiger partial charge on any atom is 0.264 e. The first-order valence-electron chi connectivity index (χ1n) is 7.51. The Balaban J connectivity index is 1.91. The number of amidine groups is 1. The van der Waals surface area contributed by atoms with Crippen LogP contribution in [-0.4, -0.2) is 30.4 Å². The highest BCUT2D eigenvalue weighted by molar-refractivity contribution is 8.18. The van der Waals surface area contributed by atoms with Crippen LogP contribution < -0.4 is 14.8 Å². The zero-order valence-corrected chi connectivity index (χ0v) is 15.5. The van der Waals surface area contributed by atoms with Gasteiger partial charge in [-0.15, -0.1) is 0 Å². The van der Waals surface area contributed by atoms with Gasteiger partial charge in [0.15, 0.2) is 16.7 Å². The summed E-state index contributed by atoms with van der Waals surface area (Å²) < 4.78 is 10.3. The van der Waals surface area contributed by atoms with E-state index in [1.807, 2.05) is 12.1 Å². The van der Waals surface area contributed by atoms with Gasteiger partial charge < -0.3 is 19.9 Å². The molecule has 0 atom stereocenters. The van der Waals surface area contributed by atoms with Crippen molar-refractivity contribution >= 4 is 46.2 Å². The quantitative estimate of drug-likeness (QED) is 0.772. The molecule has 3 rings (SSSR count). The van der Waals surface area contributed by atoms with Gasteiger partial charge in [-0.1, -0.05) is 23.7 Å². The van der Waals surface area contributed by atoms with Crippen LogP contribution in [0.25, 0.3) is 6.08 Å². The number of nitrogens with zero attached hydrogens (tertiary/aromatic N) is 1. The lowest BCUT2D eigenvalue weighted by atomic mass is 10.1. The summed E-state index contributed by atoms with van der Waals surface area (Å²) in [4.78, 5) is 17.0. The van der Waals surface area contributed by atoms with Gasteiger partial charge in [0.2, 0.25) is 5.75 Å². The number of halogens is 1. The number of carbonyl (C=O) groups excluding carboxylic acids is 1. The van der Waals surface area contributed by atoms with E-state index in [1.54, 1.807) is 30.3 Å². The van der Waals surface area contributed by atoms with Gasteiger partial charge in [0, 0.05) is 0 Å². The molecular formula is C18H15ClN2O4S. The lowest BCUT2D eigenvalue weighted by molar-refractivity contribution is -0.115. The smallest absolute Gasteiger partial charge is 0.264 e. The van der Waals surface area contributed by atoms with E-state index >= 15 is 0 Å². The zero-order valence-electron chi connectivity index (χ0n) is 13.9. The largest absolute Gasteiger partial charge is 0.502 e. The monoisotopic (exact) mass is 390 g/mol. The van der Waals surface area contributed by atoms with Crippen LogP contribution >= 0.6 is 23.4 Å². The summed E-state index contributed by atoms with van der Waals surface area (Å²) in [5.41, 5.74) is 1.22. The predicted octanol–water partition coefficient (Wildman–Crippen LogP) is 3.95. The van der Waals surface area contributed by atoms with Gasteiger partial charge in [-0.05, 0) is 47.7 Å². The van der Waals surface area contributed by atoms with Crippen molar-refractivity contribution in [2.45, 2.75) is 0 Å². The molecule has 2 aromatic carbocycles. The number of phenolic OH excluding ortho intramolecular Hbond substituents is 1. The molecule has 134 valence electrons. The van der Waals surface area contributed by atoms with Crippen molar-refractivity contribution in [2.24, 2.45) is 4.99 Å². The summed E-state index contributed by atoms with van der Waals surface area (Å²) >= 11 is 7.29. The Labute approximate surface area is 159 Å². The molecule has 2 N–H and O–H groups in total. The normalized spacial score (nSPS) is 16.8. The van der Waals surface area contributed by atoms with Crippen LogP contribution in [0.4, 0.5) is 5.69 Å². The standard InChI is InChI=1S/C18H15ClN2O4S/c1-24-13-7-10(8-14(25-2)16(13)22)9-15-17(23)21-18(26-15)20-12-6-4-3-5-11(12)19/h3-9,22H,1-2H3,(H,20,21,23)/b15-9-. The fourth-order valence-electron chi connectivity index (χ4n) is 2.28. The van der Waals surface area contributed by atoms with Crippen molar-refractivity contribution in [3.05, 3.63) is 51.9 Å². The summed E-state index contributed by atoms with van der Waals surface area (Å²) in [5, 5.41) is 13.6. The highest BCUT2D eigenvalue weighted by Crippen LogP contribution is 2.38. The molecule has 8 heteroatoms. The third-order valence-corrected chi connectivity index (χ3v) is 4.75. The Bertz CT molecular complexity index is 902. The van der Waals surface area contributed by atoms with Gasteiger partial charge in [-0.2, -0.15) is 0 Å². The molecule has 0 aliphatic carbocycles. The number of ether oxygens (including phenoxy) is 2. The van der Waals surface area contributed by atoms with Crippen molar-refractivity contribution in [3.63, 3.8) is 0 Å². The zero-order chi connectivity index (χ0) is 18.7. The van der Waals surface area contributed by atoms with Crippen molar-refractivity contribution in [1.82, 2.24) is 5.32 Å². The molecule has 1 fully saturated rings. The van der Waals surface area contributed by atoms with Crippen LogP contribution in [0, 0.1) is 0 Å². The molecule has 6 nitrogen and oxygen atoms in total. The first kappa shape index (κ1) is 18.2. The lowest BCUT2D eigenvalue weighted by Crippen LogP contribution is -2.19. The van der Waals surface area contributed by atoms with Gasteiger partial charge in [0.25, 0.3) is 5.91 Å². The molecule has 26 heavy (non-hydrogen) atoms. The molecule has 0 bridgehead atoms. The van der Waals surface area contributed by atoms with Crippen LogP contribution in [0.2, 0.25) is 5.02 Å². The fraction of sp³-hybridized carbons (Fsp3) is 0.111. The topological polar surface area (TPSA) is 80.2 Å². The number of thioether (sulfide) groups is 1. The van der Waals surface area contributed by atoms with Gasteiger partial charge >= 0.3 is 0 Å². The number of hydrogen-bond acceptors (Lipinski definition) is 6. The highest BCUT2D eigenvalue weighted by Gasteiger charge is 2.24. The van der Waals surface area contributed by atoms with Crippen molar-refractivity contribution in [3.8, 4) is 17.2 Å². The third-order valence-electron chi connectivity index (χ3n) is 3.53. The van der Waals surface area contributed by atoms with Crippen LogP contribution in [-0.2, 0) is 4.79 Å². The second kappa shape index (κ2) is 7.72. The minimum atomic E-state index is -0.271. The molecule has 0 spiro atoms. The number of benzene rings is 2. The first-order chi connectivity index (χ1) is 12.5. The fourth-order valence-corrected chi connectivity index (χ4v) is 3.29. The third kappa shape index (κ3) is 3.79. The average Bonchev–Trinajstić information content (AvgIpc) is 2.97. The second-order valence-corrected chi connectivity index (χ2v) is 6.65. The van der Waals surface area contributed by atoms with E-state index in [-0.39, 0.29) is 23.2 Å². The summed E-state index contributed by atoms with van der Waals surface area (Å²) in [6.45, 7) is 0. The Morgan fingerprint density at radius 1 is 1.19 bits per heavy atom. The number of rotatable bonds is 4. The van der Waals surface area contributed by atoms with Gasteiger partial charge in [-0.25, -0.2) is 4.99 Å². The van der Waals surface area contributed by atoms with Crippen molar-refractivity contribution < 1.29 is 19.4 Å². The highest BCUT2D eigenvalue weighted by atomic mass is 35.5. The molecule has 1 amide bonds. The second-order valence-electron chi connectivity index (χ2n) is 5.21. The minimum Gasteiger partial charge on any atom is -0.502 e. The summed E-state index contributed by atoms with van der Waals surface area (Å²) in [5.74, 6) is 0.141. The SMILES string of the molecule is COc1cc(/C=C2\SC(=Nc3ccccc3Cl)NC2=O)cc(OC)c1O. The van der Waals surface area contributed by atoms with Crippen LogP contribution in [0.1, 0.15) is 5.56 Å². The molecule has 1 aliphatic heterocycles. The number of aromatic hydroxyl groups is 1. The number of amides is 1. The minimum absolute atomic E-state index is 0.0957. The number of phenols is 1. The Hall–Kier alpha value is -2.64. The number of hydrogen-bond donors (Lipinski definition) is 2. The Kier molecular flexibility index (Phi) is 5.39. The Morgan fingerprint density at radius 3 is 2.46 bits per heavy atom. The van der Waals surface area contributed by atoms with Gasteiger partial charge in [0.05, 0.1) is 29.8 Å². The molecular weight excluding hydrogens is 376 g/mol. The van der Waals surface area contributed by atoms with E-state index in [0.29, 0.717) is 26.3 Å². The molecule has 0 unspecified atom stereocenters. The predicted molar refractivity (Wildman–Crippen MR) is 103 cm³/mol. The molecule has 0 saturated carbocycles. The number of para-hydroxylation sites is 1. The van der Waals surface area contributed by atoms with Gasteiger partial charge in [-0.3, -0.25) is 4.79 Å². The molecule has 2 aromatic rings. The van der Waals surface area contributed by atoms with E-state index in [0.717, 1.165) is 0 Å². The van der Waals surface area contributed by atoms with E-state index in [9.17, 15) is 9.90 Å². The van der Waals surface area contributed by atoms with E-state index < -0.39 is 0 Å². The molecule has 1 aliphatic rings.